The van der Waals surface area contributed by atoms with Crippen LogP contribution >= 0.6 is 11.3 Å². The summed E-state index contributed by atoms with van der Waals surface area (Å²) in [5.74, 6) is 0.860. The molecule has 2 aromatic carbocycles. The van der Waals surface area contributed by atoms with Gasteiger partial charge in [-0.15, -0.1) is 0 Å². The van der Waals surface area contributed by atoms with Crippen molar-refractivity contribution in [2.75, 3.05) is 7.05 Å². The number of hydrogen-bond acceptors (Lipinski definition) is 4. The molecule has 0 aliphatic carbocycles. The minimum absolute atomic E-state index is 0.254. The number of hydrogen-bond donors (Lipinski definition) is 0. The number of rotatable bonds is 4. The van der Waals surface area contributed by atoms with Gasteiger partial charge < -0.3 is 9.47 Å². The molecule has 0 radical (unpaired) electrons. The van der Waals surface area contributed by atoms with Crippen molar-refractivity contribution < 1.29 is 14.3 Å². The molecule has 1 aliphatic heterocycles. The first kappa shape index (κ1) is 16.7. The van der Waals surface area contributed by atoms with Gasteiger partial charge in [0.2, 0.25) is 0 Å². The highest BCUT2D eigenvalue weighted by molar-refractivity contribution is 7.08. The van der Waals surface area contributed by atoms with Crippen LogP contribution in [0.2, 0.25) is 0 Å². The number of fused-ring (bicyclic) bond motifs is 1. The third kappa shape index (κ3) is 3.30. The maximum Gasteiger partial charge on any atom is 0.412 e. The van der Waals surface area contributed by atoms with Crippen molar-refractivity contribution in [3.05, 3.63) is 76.5 Å². The zero-order chi connectivity index (χ0) is 17.9. The summed E-state index contributed by atoms with van der Waals surface area (Å²) in [6.07, 6.45) is -0.0821. The number of thiophene rings is 1. The molecule has 1 aliphatic rings. The highest BCUT2D eigenvalue weighted by Gasteiger charge is 2.31. The molecule has 132 valence electrons. The molecule has 1 amide bonds. The number of benzene rings is 2. The number of para-hydroxylation sites is 1. The first-order valence-electron chi connectivity index (χ1n) is 8.47. The van der Waals surface area contributed by atoms with Crippen LogP contribution in [0.5, 0.6) is 5.75 Å². The monoisotopic (exact) mass is 365 g/mol. The summed E-state index contributed by atoms with van der Waals surface area (Å²) in [6, 6.07) is 17.9. The molecule has 0 fully saturated rings. The summed E-state index contributed by atoms with van der Waals surface area (Å²) < 4.78 is 11.5. The van der Waals surface area contributed by atoms with Gasteiger partial charge in [0, 0.05) is 24.6 Å². The molecule has 26 heavy (non-hydrogen) atoms. The summed E-state index contributed by atoms with van der Waals surface area (Å²) in [5.41, 5.74) is 4.28. The third-order valence-corrected chi connectivity index (χ3v) is 5.19. The Bertz CT molecular complexity index is 893. The predicted molar refractivity (Wildman–Crippen MR) is 102 cm³/mol. The minimum Gasteiger partial charge on any atom is -0.469 e. The molecule has 1 atom stereocenters. The van der Waals surface area contributed by atoms with Gasteiger partial charge in [0.25, 0.3) is 0 Å². The van der Waals surface area contributed by atoms with Crippen LogP contribution in [0, 0.1) is 0 Å². The Morgan fingerprint density at radius 1 is 1.19 bits per heavy atom. The molecule has 3 aromatic rings. The van der Waals surface area contributed by atoms with Crippen LogP contribution < -0.4 is 4.74 Å². The summed E-state index contributed by atoms with van der Waals surface area (Å²) in [4.78, 5) is 13.9. The molecular weight excluding hydrogens is 346 g/mol. The van der Waals surface area contributed by atoms with E-state index in [1.54, 1.807) is 18.4 Å². The van der Waals surface area contributed by atoms with Crippen molar-refractivity contribution in [1.29, 1.82) is 0 Å². The summed E-state index contributed by atoms with van der Waals surface area (Å²) in [5, 5.41) is 4.15. The second-order valence-corrected chi connectivity index (χ2v) is 7.01. The van der Waals surface area contributed by atoms with Crippen molar-refractivity contribution in [2.24, 2.45) is 0 Å². The number of nitrogens with zero attached hydrogens (tertiary/aromatic N) is 1. The van der Waals surface area contributed by atoms with E-state index in [0.29, 0.717) is 6.42 Å². The highest BCUT2D eigenvalue weighted by atomic mass is 32.1. The number of carbonyl (C=O) groups is 1. The Hall–Kier alpha value is -2.79. The lowest BCUT2D eigenvalue weighted by atomic mass is 10.0. The summed E-state index contributed by atoms with van der Waals surface area (Å²) in [6.45, 7) is 0.254. The predicted octanol–water partition coefficient (Wildman–Crippen LogP) is 4.94. The Balaban J connectivity index is 1.44. The second-order valence-electron chi connectivity index (χ2n) is 6.23. The summed E-state index contributed by atoms with van der Waals surface area (Å²) >= 11 is 1.66. The Kier molecular flexibility index (Phi) is 4.63. The van der Waals surface area contributed by atoms with Crippen molar-refractivity contribution in [3.8, 4) is 16.9 Å². The zero-order valence-corrected chi connectivity index (χ0v) is 15.2. The molecule has 0 N–H and O–H groups in total. The van der Waals surface area contributed by atoms with Crippen molar-refractivity contribution in [3.63, 3.8) is 0 Å². The Labute approximate surface area is 156 Å². The standard InChI is InChI=1S/C21H19NO3S/c1-22(21(23)24-13-15-6-3-2-4-7-15)19-12-16-8-5-9-18(20(16)25-19)17-10-11-26-14-17/h2-11,14,19H,12-13H2,1H3. The van der Waals surface area contributed by atoms with Gasteiger partial charge in [-0.05, 0) is 28.0 Å². The van der Waals surface area contributed by atoms with E-state index in [9.17, 15) is 4.79 Å². The van der Waals surface area contributed by atoms with Gasteiger partial charge in [-0.25, -0.2) is 4.79 Å². The molecule has 2 heterocycles. The van der Waals surface area contributed by atoms with E-state index in [1.807, 2.05) is 47.8 Å². The fraction of sp³-hybridized carbons (Fsp3) is 0.190. The van der Waals surface area contributed by atoms with E-state index < -0.39 is 0 Å². The van der Waals surface area contributed by atoms with Gasteiger partial charge in [-0.3, -0.25) is 4.90 Å². The highest BCUT2D eigenvalue weighted by Crippen LogP contribution is 2.40. The van der Waals surface area contributed by atoms with Gasteiger partial charge in [-0.2, -0.15) is 11.3 Å². The van der Waals surface area contributed by atoms with E-state index in [0.717, 1.165) is 28.0 Å². The van der Waals surface area contributed by atoms with Gasteiger partial charge in [-0.1, -0.05) is 48.5 Å². The smallest absolute Gasteiger partial charge is 0.412 e. The van der Waals surface area contributed by atoms with Crippen LogP contribution in [0.3, 0.4) is 0 Å². The second kappa shape index (κ2) is 7.22. The largest absolute Gasteiger partial charge is 0.469 e. The zero-order valence-electron chi connectivity index (χ0n) is 14.4. The molecule has 0 bridgehead atoms. The topological polar surface area (TPSA) is 38.8 Å². The fourth-order valence-corrected chi connectivity index (χ4v) is 3.71. The van der Waals surface area contributed by atoms with E-state index in [1.165, 1.54) is 4.90 Å². The van der Waals surface area contributed by atoms with E-state index >= 15 is 0 Å². The number of ether oxygens (including phenoxy) is 2. The van der Waals surface area contributed by atoms with Crippen LogP contribution in [-0.4, -0.2) is 24.3 Å². The molecule has 4 nitrogen and oxygen atoms in total. The first-order chi connectivity index (χ1) is 12.7. The van der Waals surface area contributed by atoms with E-state index in [4.69, 9.17) is 9.47 Å². The average Bonchev–Trinajstić information content (AvgIpc) is 3.35. The molecule has 1 aromatic heterocycles. The molecule has 4 rings (SSSR count). The van der Waals surface area contributed by atoms with E-state index in [-0.39, 0.29) is 18.9 Å². The third-order valence-electron chi connectivity index (χ3n) is 4.50. The van der Waals surface area contributed by atoms with Crippen molar-refractivity contribution in [2.45, 2.75) is 19.3 Å². The van der Waals surface area contributed by atoms with Crippen LogP contribution in [0.4, 0.5) is 4.79 Å². The lowest BCUT2D eigenvalue weighted by Gasteiger charge is -2.23. The summed E-state index contributed by atoms with van der Waals surface area (Å²) in [7, 11) is 1.72. The van der Waals surface area contributed by atoms with Crippen LogP contribution in [-0.2, 0) is 17.8 Å². The molecule has 0 spiro atoms. The Morgan fingerprint density at radius 2 is 2.04 bits per heavy atom. The Morgan fingerprint density at radius 3 is 2.81 bits per heavy atom. The van der Waals surface area contributed by atoms with Crippen molar-refractivity contribution in [1.82, 2.24) is 4.90 Å². The maximum atomic E-state index is 12.4. The minimum atomic E-state index is -0.385. The normalized spacial score (nSPS) is 15.2. The quantitative estimate of drug-likeness (QED) is 0.657. The lowest BCUT2D eigenvalue weighted by molar-refractivity contribution is 0.0376. The maximum absolute atomic E-state index is 12.4. The van der Waals surface area contributed by atoms with Gasteiger partial charge in [0.1, 0.15) is 12.4 Å². The van der Waals surface area contributed by atoms with E-state index in [2.05, 4.69) is 17.5 Å². The first-order valence-corrected chi connectivity index (χ1v) is 9.41. The SMILES string of the molecule is CN(C(=O)OCc1ccccc1)C1Cc2cccc(-c3ccsc3)c2O1. The molecular formula is C21H19NO3S. The fourth-order valence-electron chi connectivity index (χ4n) is 3.05. The number of likely N-dealkylation sites (N-methyl/N-ethyl adjacent to an activating group) is 1. The van der Waals surface area contributed by atoms with Gasteiger partial charge in [0.05, 0.1) is 0 Å². The van der Waals surface area contributed by atoms with Crippen LogP contribution in [0.1, 0.15) is 11.1 Å². The number of amides is 1. The van der Waals surface area contributed by atoms with Crippen molar-refractivity contribution >= 4 is 17.4 Å². The van der Waals surface area contributed by atoms with Gasteiger partial charge in [0.15, 0.2) is 6.23 Å². The molecule has 1 unspecified atom stereocenters. The van der Waals surface area contributed by atoms with Crippen LogP contribution in [0.25, 0.3) is 11.1 Å². The molecule has 5 heteroatoms. The average molecular weight is 365 g/mol. The molecule has 0 saturated carbocycles. The molecule has 0 saturated heterocycles. The number of carbonyl (C=O) groups excluding carboxylic acids is 1. The lowest BCUT2D eigenvalue weighted by Crippen LogP contribution is -2.40. The van der Waals surface area contributed by atoms with Crippen LogP contribution in [0.15, 0.2) is 65.4 Å². The van der Waals surface area contributed by atoms with Gasteiger partial charge >= 0.3 is 6.09 Å².